The van der Waals surface area contributed by atoms with Crippen LogP contribution in [0.2, 0.25) is 0 Å². The molecular formula is C17H19N3O6S. The number of carbonyl (C=O) groups is 2. The van der Waals surface area contributed by atoms with Crippen molar-refractivity contribution >= 4 is 33.4 Å². The van der Waals surface area contributed by atoms with Crippen LogP contribution in [-0.2, 0) is 26.0 Å². The highest BCUT2D eigenvalue weighted by molar-refractivity contribution is 7.92. The summed E-state index contributed by atoms with van der Waals surface area (Å²) in [6, 6.07) is 5.97. The molecule has 27 heavy (non-hydrogen) atoms. The maximum atomic E-state index is 12.2. The fourth-order valence-corrected chi connectivity index (χ4v) is 4.32. The van der Waals surface area contributed by atoms with E-state index in [0.29, 0.717) is 17.9 Å². The van der Waals surface area contributed by atoms with Crippen LogP contribution in [0.5, 0.6) is 0 Å². The molecule has 0 bridgehead atoms. The van der Waals surface area contributed by atoms with Gasteiger partial charge >= 0.3 is 5.97 Å². The average Bonchev–Trinajstić information content (AvgIpc) is 3.13. The highest BCUT2D eigenvalue weighted by Crippen LogP contribution is 2.34. The molecule has 0 radical (unpaired) electrons. The molecule has 2 heterocycles. The maximum Gasteiger partial charge on any atom is 0.338 e. The summed E-state index contributed by atoms with van der Waals surface area (Å²) in [7, 11) is -3.40. The highest BCUT2D eigenvalue weighted by atomic mass is 32.2. The minimum Gasteiger partial charge on any atom is -0.452 e. The lowest BCUT2D eigenvalue weighted by molar-refractivity contribution is -0.119. The highest BCUT2D eigenvalue weighted by Gasteiger charge is 2.32. The number of sulfonamides is 1. The van der Waals surface area contributed by atoms with E-state index in [4.69, 9.17) is 9.26 Å². The van der Waals surface area contributed by atoms with E-state index >= 15 is 0 Å². The van der Waals surface area contributed by atoms with Gasteiger partial charge in [0, 0.05) is 12.1 Å². The molecule has 2 aromatic rings. The molecule has 1 aliphatic heterocycles. The number of nitrogens with one attached hydrogen (secondary N) is 1. The van der Waals surface area contributed by atoms with Crippen LogP contribution in [0.3, 0.4) is 0 Å². The molecule has 9 nitrogen and oxygen atoms in total. The molecule has 1 N–H and O–H groups in total. The van der Waals surface area contributed by atoms with Gasteiger partial charge in [-0.25, -0.2) is 13.2 Å². The number of carbonyl (C=O) groups excluding carboxylic acids is 2. The van der Waals surface area contributed by atoms with Crippen molar-refractivity contribution in [1.29, 1.82) is 0 Å². The Kier molecular flexibility index (Phi) is 4.92. The summed E-state index contributed by atoms with van der Waals surface area (Å²) in [6.45, 7) is 3.00. The lowest BCUT2D eigenvalue weighted by atomic mass is 10.1. The zero-order valence-corrected chi connectivity index (χ0v) is 15.9. The largest absolute Gasteiger partial charge is 0.452 e. The quantitative estimate of drug-likeness (QED) is 0.764. The first kappa shape index (κ1) is 18.9. The Labute approximate surface area is 156 Å². The van der Waals surface area contributed by atoms with Crippen LogP contribution in [0.4, 0.5) is 11.5 Å². The molecule has 144 valence electrons. The van der Waals surface area contributed by atoms with Gasteiger partial charge < -0.3 is 14.6 Å². The normalized spacial score (nSPS) is 16.1. The topological polar surface area (TPSA) is 119 Å². The Bertz CT molecular complexity index is 998. The van der Waals surface area contributed by atoms with E-state index in [1.165, 1.54) is 16.4 Å². The number of fused-ring (bicyclic) bond motifs is 1. The van der Waals surface area contributed by atoms with E-state index < -0.39 is 28.5 Å². The number of amides is 1. The summed E-state index contributed by atoms with van der Waals surface area (Å²) in [5, 5.41) is 6.06. The number of ether oxygens (including phenoxy) is 1. The molecule has 0 saturated heterocycles. The van der Waals surface area contributed by atoms with Gasteiger partial charge in [0.2, 0.25) is 10.0 Å². The second kappa shape index (κ2) is 7.03. The summed E-state index contributed by atoms with van der Waals surface area (Å²) in [5.41, 5.74) is 1.55. The molecule has 1 aromatic carbocycles. The number of anilines is 2. The fraction of sp³-hybridized carbons (Fsp3) is 0.353. The van der Waals surface area contributed by atoms with Gasteiger partial charge in [-0.15, -0.1) is 0 Å². The molecule has 10 heteroatoms. The molecule has 1 aromatic heterocycles. The summed E-state index contributed by atoms with van der Waals surface area (Å²) in [5.74, 6) is -0.442. The van der Waals surface area contributed by atoms with Gasteiger partial charge in [-0.2, -0.15) is 0 Å². The third-order valence-electron chi connectivity index (χ3n) is 4.06. The van der Waals surface area contributed by atoms with Crippen molar-refractivity contribution in [3.63, 3.8) is 0 Å². The molecule has 1 atom stereocenters. The van der Waals surface area contributed by atoms with Crippen LogP contribution in [0.15, 0.2) is 28.8 Å². The first-order valence-corrected chi connectivity index (χ1v) is 10.0. The standard InChI is InChI=1S/C17H19N3O6S/c1-10-6-13-8-12(4-5-14(13)20(10)27(3,23)24)17(22)25-9-16(21)18-15-7-11(2)26-19-15/h4-5,7-8,10H,6,9H2,1-3H3,(H,18,19,21)/t10-/m0/s1. The van der Waals surface area contributed by atoms with Crippen molar-refractivity contribution in [1.82, 2.24) is 5.16 Å². The van der Waals surface area contributed by atoms with Crippen LogP contribution in [-0.4, -0.2) is 44.4 Å². The van der Waals surface area contributed by atoms with Gasteiger partial charge in [0.25, 0.3) is 5.91 Å². The molecule has 0 fully saturated rings. The van der Waals surface area contributed by atoms with Crippen LogP contribution >= 0.6 is 0 Å². The monoisotopic (exact) mass is 393 g/mol. The summed E-state index contributed by atoms with van der Waals surface area (Å²) in [4.78, 5) is 24.0. The lowest BCUT2D eigenvalue weighted by Gasteiger charge is -2.21. The number of aromatic nitrogens is 1. The number of hydrogen-bond donors (Lipinski definition) is 1. The average molecular weight is 393 g/mol. The van der Waals surface area contributed by atoms with Gasteiger partial charge in [-0.05, 0) is 44.0 Å². The van der Waals surface area contributed by atoms with Gasteiger partial charge in [0.1, 0.15) is 5.76 Å². The molecule has 1 aliphatic rings. The molecule has 0 saturated carbocycles. The van der Waals surface area contributed by atoms with Crippen molar-refractivity contribution in [3.8, 4) is 0 Å². The Morgan fingerprint density at radius 1 is 1.37 bits per heavy atom. The van der Waals surface area contributed by atoms with Gasteiger partial charge in [-0.3, -0.25) is 9.10 Å². The first-order chi connectivity index (χ1) is 12.6. The minimum atomic E-state index is -3.40. The summed E-state index contributed by atoms with van der Waals surface area (Å²) < 4.78 is 35.0. The Morgan fingerprint density at radius 2 is 2.11 bits per heavy atom. The van der Waals surface area contributed by atoms with Gasteiger partial charge in [0.15, 0.2) is 12.4 Å². The summed E-state index contributed by atoms with van der Waals surface area (Å²) >= 11 is 0. The number of rotatable bonds is 5. The molecule has 3 rings (SSSR count). The van der Waals surface area contributed by atoms with Gasteiger partial charge in [-0.1, -0.05) is 5.16 Å². The van der Waals surface area contributed by atoms with Crippen LogP contribution in [0.1, 0.15) is 28.6 Å². The number of aryl methyl sites for hydroxylation is 1. The van der Waals surface area contributed by atoms with Gasteiger partial charge in [0.05, 0.1) is 17.5 Å². The van der Waals surface area contributed by atoms with Crippen LogP contribution in [0, 0.1) is 6.92 Å². The van der Waals surface area contributed by atoms with E-state index in [0.717, 1.165) is 11.8 Å². The molecule has 0 unspecified atom stereocenters. The molecular weight excluding hydrogens is 374 g/mol. The lowest BCUT2D eigenvalue weighted by Crippen LogP contribution is -2.34. The number of nitrogens with zero attached hydrogens (tertiary/aromatic N) is 2. The minimum absolute atomic E-state index is 0.224. The third-order valence-corrected chi connectivity index (χ3v) is 5.33. The second-order valence-corrected chi connectivity index (χ2v) is 8.26. The number of benzene rings is 1. The number of esters is 1. The van der Waals surface area contributed by atoms with E-state index in [1.54, 1.807) is 26.0 Å². The zero-order valence-electron chi connectivity index (χ0n) is 15.1. The summed E-state index contributed by atoms with van der Waals surface area (Å²) in [6.07, 6.45) is 1.64. The number of hydrogen-bond acceptors (Lipinski definition) is 7. The second-order valence-electron chi connectivity index (χ2n) is 6.40. The van der Waals surface area contributed by atoms with Crippen molar-refractivity contribution in [2.24, 2.45) is 0 Å². The van der Waals surface area contributed by atoms with E-state index in [-0.39, 0.29) is 17.4 Å². The Morgan fingerprint density at radius 3 is 2.74 bits per heavy atom. The molecule has 0 aliphatic carbocycles. The third kappa shape index (κ3) is 4.11. The van der Waals surface area contributed by atoms with Crippen molar-refractivity contribution < 1.29 is 27.3 Å². The molecule has 0 spiro atoms. The SMILES string of the molecule is Cc1cc(NC(=O)COC(=O)c2ccc3c(c2)C[C@H](C)N3S(C)(=O)=O)no1. The van der Waals surface area contributed by atoms with E-state index in [9.17, 15) is 18.0 Å². The Hall–Kier alpha value is -2.88. The predicted octanol–water partition coefficient (Wildman–Crippen LogP) is 1.49. The van der Waals surface area contributed by atoms with Crippen molar-refractivity contribution in [2.45, 2.75) is 26.3 Å². The Balaban J connectivity index is 1.65. The predicted molar refractivity (Wildman–Crippen MR) is 97.1 cm³/mol. The van der Waals surface area contributed by atoms with Crippen molar-refractivity contribution in [2.75, 3.05) is 22.5 Å². The zero-order chi connectivity index (χ0) is 19.8. The fourth-order valence-electron chi connectivity index (χ4n) is 3.05. The van der Waals surface area contributed by atoms with E-state index in [2.05, 4.69) is 10.5 Å². The van der Waals surface area contributed by atoms with Crippen LogP contribution in [0.25, 0.3) is 0 Å². The molecule has 1 amide bonds. The van der Waals surface area contributed by atoms with Crippen LogP contribution < -0.4 is 9.62 Å². The first-order valence-electron chi connectivity index (χ1n) is 8.18. The maximum absolute atomic E-state index is 12.2. The van der Waals surface area contributed by atoms with E-state index in [1.807, 2.05) is 0 Å². The van der Waals surface area contributed by atoms with Crippen molar-refractivity contribution in [3.05, 3.63) is 41.2 Å². The smallest absolute Gasteiger partial charge is 0.338 e.